The minimum absolute atomic E-state index is 0.0483. The number of nitrogens with zero attached hydrogens (tertiary/aromatic N) is 2. The number of H-pyrrole nitrogens is 1. The third kappa shape index (κ3) is 4.59. The van der Waals surface area contributed by atoms with Gasteiger partial charge in [0.05, 0.1) is 30.7 Å². The van der Waals surface area contributed by atoms with E-state index in [-0.39, 0.29) is 49.8 Å². The highest BCUT2D eigenvalue weighted by Crippen LogP contribution is 2.19. The number of ether oxygens (including phenoxy) is 1. The first-order valence-electron chi connectivity index (χ1n) is 7.78. The maximum atomic E-state index is 12.2. The fraction of sp³-hybridized carbons (Fsp3) is 0.438. The van der Waals surface area contributed by atoms with Gasteiger partial charge < -0.3 is 25.5 Å². The van der Waals surface area contributed by atoms with Gasteiger partial charge in [0.15, 0.2) is 5.65 Å². The average Bonchev–Trinajstić information content (AvgIpc) is 2.91. The van der Waals surface area contributed by atoms with Gasteiger partial charge in [0.1, 0.15) is 6.61 Å². The normalized spacial score (nSPS) is 10.7. The zero-order valence-electron chi connectivity index (χ0n) is 14.1. The molecule has 9 nitrogen and oxygen atoms in total. The molecule has 2 aromatic heterocycles. The smallest absolute Gasteiger partial charge is 0.263 e. The number of fused-ring (bicyclic) bond motifs is 1. The van der Waals surface area contributed by atoms with Crippen molar-refractivity contribution < 1.29 is 14.6 Å². The van der Waals surface area contributed by atoms with E-state index in [4.69, 9.17) is 15.6 Å². The van der Waals surface area contributed by atoms with Crippen molar-refractivity contribution in [1.82, 2.24) is 19.9 Å². The summed E-state index contributed by atoms with van der Waals surface area (Å²) in [6, 6.07) is 0.0788. The van der Waals surface area contributed by atoms with Crippen molar-refractivity contribution in [3.63, 3.8) is 0 Å². The lowest BCUT2D eigenvalue weighted by molar-refractivity contribution is -0.125. The first-order valence-corrected chi connectivity index (χ1v) is 7.78. The van der Waals surface area contributed by atoms with E-state index in [9.17, 15) is 9.59 Å². The van der Waals surface area contributed by atoms with E-state index in [0.29, 0.717) is 16.6 Å². The Balaban J connectivity index is 2.17. The van der Waals surface area contributed by atoms with E-state index in [0.717, 1.165) is 0 Å². The van der Waals surface area contributed by atoms with Crippen LogP contribution in [-0.2, 0) is 9.53 Å². The van der Waals surface area contributed by atoms with Crippen molar-refractivity contribution in [3.05, 3.63) is 22.1 Å². The summed E-state index contributed by atoms with van der Waals surface area (Å²) in [7, 11) is 0. The Bertz CT molecular complexity index is 872. The topological polar surface area (TPSA) is 135 Å². The Morgan fingerprint density at radius 1 is 1.56 bits per heavy atom. The van der Waals surface area contributed by atoms with Crippen LogP contribution < -0.4 is 16.6 Å². The maximum Gasteiger partial charge on any atom is 0.263 e. The van der Waals surface area contributed by atoms with Crippen molar-refractivity contribution in [3.8, 4) is 11.8 Å². The van der Waals surface area contributed by atoms with Crippen LogP contribution in [0.5, 0.6) is 0 Å². The van der Waals surface area contributed by atoms with Gasteiger partial charge in [-0.25, -0.2) is 0 Å². The van der Waals surface area contributed by atoms with Crippen molar-refractivity contribution in [1.29, 1.82) is 0 Å². The van der Waals surface area contributed by atoms with Crippen molar-refractivity contribution in [2.75, 3.05) is 32.1 Å². The first kappa shape index (κ1) is 18.5. The average molecular weight is 347 g/mol. The lowest BCUT2D eigenvalue weighted by Gasteiger charge is -2.07. The largest absolute Gasteiger partial charge is 0.394 e. The van der Waals surface area contributed by atoms with Gasteiger partial charge in [-0.05, 0) is 13.8 Å². The molecule has 0 bridgehead atoms. The number of nitrogen functional groups attached to an aromatic ring is 1. The fourth-order valence-corrected chi connectivity index (χ4v) is 2.22. The van der Waals surface area contributed by atoms with Gasteiger partial charge >= 0.3 is 0 Å². The summed E-state index contributed by atoms with van der Waals surface area (Å²) >= 11 is 0. The number of hydrogen-bond donors (Lipinski definition) is 4. The van der Waals surface area contributed by atoms with Crippen LogP contribution in [0.15, 0.2) is 11.0 Å². The van der Waals surface area contributed by atoms with Gasteiger partial charge in [0.2, 0.25) is 11.9 Å². The molecule has 0 aliphatic carbocycles. The standard InChI is InChI=1S/C16H21N5O4/c1-10(2)21-8-11(13-14(21)19-16(17)20-15(13)24)4-3-5-18-12(23)9-25-7-6-22/h8,10,22H,5-7,9H2,1-2H3,(H,18,23)(H3,17,19,20,24). The van der Waals surface area contributed by atoms with E-state index >= 15 is 0 Å². The minimum atomic E-state index is -0.354. The molecule has 0 fully saturated rings. The number of amides is 1. The maximum absolute atomic E-state index is 12.2. The molecular weight excluding hydrogens is 326 g/mol. The van der Waals surface area contributed by atoms with Crippen LogP contribution in [-0.4, -0.2) is 51.9 Å². The molecule has 0 atom stereocenters. The summed E-state index contributed by atoms with van der Waals surface area (Å²) in [6.45, 7) is 3.85. The highest BCUT2D eigenvalue weighted by Gasteiger charge is 2.14. The van der Waals surface area contributed by atoms with E-state index in [1.807, 2.05) is 18.4 Å². The SMILES string of the molecule is CC(C)n1cc(C#CCNC(=O)COCCO)c2c(=O)[nH]c(N)nc21. The summed E-state index contributed by atoms with van der Waals surface area (Å²) in [5.41, 5.74) is 6.25. The van der Waals surface area contributed by atoms with Crippen LogP contribution in [0.2, 0.25) is 0 Å². The monoisotopic (exact) mass is 347 g/mol. The second-order valence-corrected chi connectivity index (χ2v) is 5.55. The lowest BCUT2D eigenvalue weighted by atomic mass is 10.2. The number of aromatic amines is 1. The quantitative estimate of drug-likeness (QED) is 0.406. The van der Waals surface area contributed by atoms with Crippen LogP contribution >= 0.6 is 0 Å². The molecule has 5 N–H and O–H groups in total. The molecule has 1 amide bonds. The Kier molecular flexibility index (Phi) is 6.16. The number of hydrogen-bond acceptors (Lipinski definition) is 6. The molecule has 0 aromatic carbocycles. The van der Waals surface area contributed by atoms with Gasteiger partial charge in [0, 0.05) is 12.2 Å². The van der Waals surface area contributed by atoms with E-state index in [1.165, 1.54) is 0 Å². The molecule has 9 heteroatoms. The molecule has 0 unspecified atom stereocenters. The molecule has 2 aromatic rings. The second-order valence-electron chi connectivity index (χ2n) is 5.55. The van der Waals surface area contributed by atoms with Crippen LogP contribution in [0, 0.1) is 11.8 Å². The molecule has 0 saturated heterocycles. The van der Waals surface area contributed by atoms with E-state index < -0.39 is 0 Å². The highest BCUT2D eigenvalue weighted by atomic mass is 16.5. The zero-order chi connectivity index (χ0) is 18.4. The molecule has 25 heavy (non-hydrogen) atoms. The van der Waals surface area contributed by atoms with Crippen LogP contribution in [0.4, 0.5) is 5.95 Å². The van der Waals surface area contributed by atoms with Gasteiger partial charge in [-0.2, -0.15) is 4.98 Å². The molecule has 2 rings (SSSR count). The number of rotatable bonds is 6. The minimum Gasteiger partial charge on any atom is -0.394 e. The van der Waals surface area contributed by atoms with Crippen molar-refractivity contribution >= 4 is 22.9 Å². The molecule has 0 aliphatic heterocycles. The second kappa shape index (κ2) is 8.32. The van der Waals surface area contributed by atoms with Gasteiger partial charge in [0.25, 0.3) is 5.56 Å². The summed E-state index contributed by atoms with van der Waals surface area (Å²) in [5.74, 6) is 5.39. The molecule has 2 heterocycles. The highest BCUT2D eigenvalue weighted by molar-refractivity contribution is 5.84. The summed E-state index contributed by atoms with van der Waals surface area (Å²) in [4.78, 5) is 30.3. The number of nitrogens with one attached hydrogen (secondary N) is 2. The van der Waals surface area contributed by atoms with E-state index in [2.05, 4.69) is 27.1 Å². The first-order chi connectivity index (χ1) is 11.9. The molecule has 0 saturated carbocycles. The number of aliphatic hydroxyl groups is 1. The predicted molar refractivity (Wildman–Crippen MR) is 92.9 cm³/mol. The number of carbonyl (C=O) groups is 1. The van der Waals surface area contributed by atoms with Gasteiger partial charge in [-0.3, -0.25) is 14.6 Å². The molecular formula is C16H21N5O4. The number of aliphatic hydroxyl groups excluding tert-OH is 1. The summed E-state index contributed by atoms with van der Waals surface area (Å²) in [5, 5.41) is 11.5. The summed E-state index contributed by atoms with van der Waals surface area (Å²) < 4.78 is 6.72. The number of anilines is 1. The Labute approximate surface area is 144 Å². The van der Waals surface area contributed by atoms with Crippen molar-refractivity contribution in [2.24, 2.45) is 0 Å². The fourth-order valence-electron chi connectivity index (χ4n) is 2.22. The third-order valence-corrected chi connectivity index (χ3v) is 3.32. The molecule has 134 valence electrons. The number of nitrogens with two attached hydrogens (primary N) is 1. The summed E-state index contributed by atoms with van der Waals surface area (Å²) in [6.07, 6.45) is 1.75. The predicted octanol–water partition coefficient (Wildman–Crippen LogP) is -0.636. The van der Waals surface area contributed by atoms with Crippen LogP contribution in [0.1, 0.15) is 25.5 Å². The molecule has 0 radical (unpaired) electrons. The van der Waals surface area contributed by atoms with Crippen molar-refractivity contribution in [2.45, 2.75) is 19.9 Å². The molecule has 0 aliphatic rings. The van der Waals surface area contributed by atoms with Gasteiger partial charge in [-0.1, -0.05) is 11.8 Å². The number of aromatic nitrogens is 3. The molecule has 0 spiro atoms. The number of carbonyl (C=O) groups excluding carboxylic acids is 1. The Morgan fingerprint density at radius 3 is 3.00 bits per heavy atom. The Morgan fingerprint density at radius 2 is 2.32 bits per heavy atom. The Hall–Kier alpha value is -2.83. The van der Waals surface area contributed by atoms with Gasteiger partial charge in [-0.15, -0.1) is 0 Å². The van der Waals surface area contributed by atoms with Crippen LogP contribution in [0.3, 0.4) is 0 Å². The van der Waals surface area contributed by atoms with E-state index in [1.54, 1.807) is 6.20 Å². The lowest BCUT2D eigenvalue weighted by Crippen LogP contribution is -2.28. The third-order valence-electron chi connectivity index (χ3n) is 3.32. The van der Waals surface area contributed by atoms with Crippen LogP contribution in [0.25, 0.3) is 11.0 Å². The zero-order valence-corrected chi connectivity index (χ0v) is 14.1.